The minimum absolute atomic E-state index is 0. The first-order valence-corrected chi connectivity index (χ1v) is 5.30. The van der Waals surface area contributed by atoms with Crippen LogP contribution in [0.3, 0.4) is 0 Å². The van der Waals surface area contributed by atoms with E-state index >= 15 is 0 Å². The zero-order chi connectivity index (χ0) is 10.7. The fourth-order valence-electron chi connectivity index (χ4n) is 1.71. The monoisotopic (exact) mass is 235 g/mol. The van der Waals surface area contributed by atoms with E-state index in [1.165, 1.54) is 0 Å². The van der Waals surface area contributed by atoms with Gasteiger partial charge in [0.25, 0.3) is 0 Å². The molecular formula is C10H22ClN3O. The van der Waals surface area contributed by atoms with E-state index in [1.54, 1.807) is 6.92 Å². The second-order valence-corrected chi connectivity index (χ2v) is 4.38. The maximum atomic E-state index is 11.6. The highest BCUT2D eigenvalue weighted by atomic mass is 35.5. The zero-order valence-electron chi connectivity index (χ0n) is 9.69. The van der Waals surface area contributed by atoms with Gasteiger partial charge in [-0.1, -0.05) is 13.8 Å². The first-order valence-electron chi connectivity index (χ1n) is 5.30. The van der Waals surface area contributed by atoms with Crippen LogP contribution in [0, 0.1) is 5.92 Å². The Kier molecular flexibility index (Phi) is 6.17. The lowest BCUT2D eigenvalue weighted by Crippen LogP contribution is -2.57. The number of nitrogens with two attached hydrogens (primary N) is 1. The maximum absolute atomic E-state index is 11.6. The van der Waals surface area contributed by atoms with Gasteiger partial charge in [0.05, 0.1) is 6.04 Å². The highest BCUT2D eigenvalue weighted by molar-refractivity contribution is 5.85. The molecule has 2 atom stereocenters. The summed E-state index contributed by atoms with van der Waals surface area (Å²) in [5.41, 5.74) is 5.58. The first kappa shape index (κ1) is 14.7. The number of nitrogens with zero attached hydrogens (tertiary/aromatic N) is 1. The van der Waals surface area contributed by atoms with Gasteiger partial charge in [0.15, 0.2) is 0 Å². The zero-order valence-corrected chi connectivity index (χ0v) is 10.5. The second kappa shape index (κ2) is 6.30. The van der Waals surface area contributed by atoms with Crippen molar-refractivity contribution in [1.29, 1.82) is 0 Å². The molecule has 0 bridgehead atoms. The minimum Gasteiger partial charge on any atom is -0.339 e. The van der Waals surface area contributed by atoms with Gasteiger partial charge >= 0.3 is 0 Å². The standard InChI is InChI=1S/C10H21N3O.ClH/c1-7(2)9-6-13(5-4-12-9)10(14)8(3)11;/h7-9,12H,4-6,11H2,1-3H3;1H/t8-,9+;/m0./s1. The highest BCUT2D eigenvalue weighted by Gasteiger charge is 2.26. The Morgan fingerprint density at radius 1 is 1.47 bits per heavy atom. The van der Waals surface area contributed by atoms with Gasteiger partial charge in [0.2, 0.25) is 5.91 Å². The van der Waals surface area contributed by atoms with Crippen molar-refractivity contribution in [3.8, 4) is 0 Å². The van der Waals surface area contributed by atoms with Gasteiger partial charge in [-0.2, -0.15) is 0 Å². The lowest BCUT2D eigenvalue weighted by atomic mass is 10.0. The lowest BCUT2D eigenvalue weighted by molar-refractivity contribution is -0.133. The number of hydrogen-bond acceptors (Lipinski definition) is 3. The van der Waals surface area contributed by atoms with Gasteiger partial charge in [-0.05, 0) is 12.8 Å². The number of hydrogen-bond donors (Lipinski definition) is 2. The fraction of sp³-hybridized carbons (Fsp3) is 0.900. The van der Waals surface area contributed by atoms with Gasteiger partial charge in [-0.25, -0.2) is 0 Å². The van der Waals surface area contributed by atoms with E-state index in [-0.39, 0.29) is 24.4 Å². The van der Waals surface area contributed by atoms with Crippen molar-refractivity contribution in [2.45, 2.75) is 32.9 Å². The minimum atomic E-state index is -0.374. The SMILES string of the molecule is CC(C)[C@H]1CN(C(=O)[C@H](C)N)CCN1.Cl. The predicted octanol–water partition coefficient (Wildman–Crippen LogP) is 0.212. The Bertz CT molecular complexity index is 209. The third-order valence-electron chi connectivity index (χ3n) is 2.71. The molecule has 1 rings (SSSR count). The molecule has 0 aromatic carbocycles. The summed E-state index contributed by atoms with van der Waals surface area (Å²) in [5, 5.41) is 3.41. The molecular weight excluding hydrogens is 214 g/mol. The summed E-state index contributed by atoms with van der Waals surface area (Å²) in [6, 6.07) is 0.0346. The van der Waals surface area contributed by atoms with Crippen LogP contribution in [0.2, 0.25) is 0 Å². The molecule has 1 heterocycles. The quantitative estimate of drug-likeness (QED) is 0.720. The number of carbonyl (C=O) groups is 1. The Hall–Kier alpha value is -0.320. The molecule has 15 heavy (non-hydrogen) atoms. The largest absolute Gasteiger partial charge is 0.339 e. The average Bonchev–Trinajstić information content (AvgIpc) is 2.16. The van der Waals surface area contributed by atoms with Crippen molar-refractivity contribution in [1.82, 2.24) is 10.2 Å². The smallest absolute Gasteiger partial charge is 0.239 e. The topological polar surface area (TPSA) is 58.4 Å². The molecule has 0 aromatic heterocycles. The van der Waals surface area contributed by atoms with E-state index in [9.17, 15) is 4.79 Å². The molecule has 1 fully saturated rings. The Balaban J connectivity index is 0.00000196. The third-order valence-corrected chi connectivity index (χ3v) is 2.71. The molecule has 1 aliphatic rings. The number of carbonyl (C=O) groups excluding carboxylic acids is 1. The molecule has 1 amide bonds. The van der Waals surface area contributed by atoms with Crippen LogP contribution < -0.4 is 11.1 Å². The van der Waals surface area contributed by atoms with Crippen molar-refractivity contribution in [3.63, 3.8) is 0 Å². The van der Waals surface area contributed by atoms with Crippen LogP contribution in [0.15, 0.2) is 0 Å². The molecule has 0 aliphatic carbocycles. The summed E-state index contributed by atoms with van der Waals surface area (Å²) < 4.78 is 0. The van der Waals surface area contributed by atoms with E-state index in [2.05, 4.69) is 19.2 Å². The molecule has 0 aromatic rings. The number of piperazine rings is 1. The van der Waals surface area contributed by atoms with E-state index in [0.29, 0.717) is 12.0 Å². The number of nitrogens with one attached hydrogen (secondary N) is 1. The summed E-state index contributed by atoms with van der Waals surface area (Å²) in [5.74, 6) is 0.621. The molecule has 5 heteroatoms. The van der Waals surface area contributed by atoms with Crippen molar-refractivity contribution in [2.75, 3.05) is 19.6 Å². The second-order valence-electron chi connectivity index (χ2n) is 4.38. The number of rotatable bonds is 2. The van der Waals surface area contributed by atoms with Gasteiger partial charge in [-0.3, -0.25) is 4.79 Å². The highest BCUT2D eigenvalue weighted by Crippen LogP contribution is 2.08. The average molecular weight is 236 g/mol. The van der Waals surface area contributed by atoms with E-state index in [4.69, 9.17) is 5.73 Å². The van der Waals surface area contributed by atoms with E-state index in [1.807, 2.05) is 4.90 Å². The van der Waals surface area contributed by atoms with Gasteiger partial charge in [-0.15, -0.1) is 12.4 Å². The van der Waals surface area contributed by atoms with Crippen LogP contribution in [0.1, 0.15) is 20.8 Å². The molecule has 0 saturated carbocycles. The van der Waals surface area contributed by atoms with Crippen molar-refractivity contribution >= 4 is 18.3 Å². The molecule has 90 valence electrons. The van der Waals surface area contributed by atoms with Gasteiger partial charge in [0.1, 0.15) is 0 Å². The number of halogens is 1. The van der Waals surface area contributed by atoms with Crippen molar-refractivity contribution in [2.24, 2.45) is 11.7 Å². The molecule has 1 saturated heterocycles. The summed E-state index contributed by atoms with van der Waals surface area (Å²) in [6.07, 6.45) is 0. The molecule has 3 N–H and O–H groups in total. The summed E-state index contributed by atoms with van der Waals surface area (Å²) in [6.45, 7) is 8.52. The molecule has 0 spiro atoms. The van der Waals surface area contributed by atoms with E-state index in [0.717, 1.165) is 19.6 Å². The summed E-state index contributed by atoms with van der Waals surface area (Å²) >= 11 is 0. The first-order chi connectivity index (χ1) is 6.52. The molecule has 4 nitrogen and oxygen atoms in total. The predicted molar refractivity (Wildman–Crippen MR) is 64.1 cm³/mol. The van der Waals surface area contributed by atoms with Crippen molar-refractivity contribution < 1.29 is 4.79 Å². The Labute approximate surface area is 98.0 Å². The maximum Gasteiger partial charge on any atom is 0.239 e. The van der Waals surface area contributed by atoms with Crippen LogP contribution in [0.25, 0.3) is 0 Å². The number of amides is 1. The lowest BCUT2D eigenvalue weighted by Gasteiger charge is -2.36. The van der Waals surface area contributed by atoms with Crippen LogP contribution >= 0.6 is 12.4 Å². The molecule has 0 radical (unpaired) electrons. The van der Waals surface area contributed by atoms with Gasteiger partial charge in [0, 0.05) is 25.7 Å². The summed E-state index contributed by atoms with van der Waals surface area (Å²) in [4.78, 5) is 13.5. The molecule has 1 aliphatic heterocycles. The Morgan fingerprint density at radius 2 is 2.07 bits per heavy atom. The Morgan fingerprint density at radius 3 is 2.53 bits per heavy atom. The third kappa shape index (κ3) is 3.97. The van der Waals surface area contributed by atoms with E-state index < -0.39 is 0 Å². The van der Waals surface area contributed by atoms with Crippen LogP contribution in [-0.2, 0) is 4.79 Å². The van der Waals surface area contributed by atoms with Crippen LogP contribution in [-0.4, -0.2) is 42.5 Å². The fourth-order valence-corrected chi connectivity index (χ4v) is 1.71. The normalized spacial score (nSPS) is 23.5. The van der Waals surface area contributed by atoms with Crippen LogP contribution in [0.5, 0.6) is 0 Å². The molecule has 0 unspecified atom stereocenters. The van der Waals surface area contributed by atoms with Gasteiger partial charge < -0.3 is 16.0 Å². The van der Waals surface area contributed by atoms with Crippen molar-refractivity contribution in [3.05, 3.63) is 0 Å². The summed E-state index contributed by atoms with van der Waals surface area (Å²) in [7, 11) is 0. The van der Waals surface area contributed by atoms with Crippen LogP contribution in [0.4, 0.5) is 0 Å².